The minimum absolute atomic E-state index is 0.0217. The SMILES string of the molecule is Cc1c(CC(=O)N(C)C2CCS(=O)(=O)C2)c2ccccc2n1C. The number of carbonyl (C=O) groups excluding carboxylic acids is 1. The molecule has 1 aliphatic heterocycles. The Hall–Kier alpha value is -1.82. The van der Waals surface area contributed by atoms with Crippen LogP contribution in [-0.4, -0.2) is 48.4 Å². The molecular weight excluding hydrogens is 312 g/mol. The highest BCUT2D eigenvalue weighted by Crippen LogP contribution is 2.26. The van der Waals surface area contributed by atoms with Crippen molar-refractivity contribution in [3.05, 3.63) is 35.5 Å². The lowest BCUT2D eigenvalue weighted by Gasteiger charge is -2.23. The molecule has 1 aromatic heterocycles. The molecule has 1 saturated heterocycles. The molecule has 2 heterocycles. The Morgan fingerprint density at radius 3 is 2.70 bits per heavy atom. The average Bonchev–Trinajstić information content (AvgIpc) is 3.00. The number of likely N-dealkylation sites (N-methyl/N-ethyl adjacent to an activating group) is 1. The normalized spacial score (nSPS) is 20.0. The van der Waals surface area contributed by atoms with Gasteiger partial charge in [0.05, 0.1) is 17.9 Å². The van der Waals surface area contributed by atoms with Crippen molar-refractivity contribution >= 4 is 26.6 Å². The molecule has 2 aromatic rings. The summed E-state index contributed by atoms with van der Waals surface area (Å²) in [5.74, 6) is 0.248. The Labute approximate surface area is 136 Å². The van der Waals surface area contributed by atoms with E-state index in [1.165, 1.54) is 0 Å². The Morgan fingerprint density at radius 1 is 1.35 bits per heavy atom. The Morgan fingerprint density at radius 2 is 2.04 bits per heavy atom. The van der Waals surface area contributed by atoms with Crippen molar-refractivity contribution < 1.29 is 13.2 Å². The molecular formula is C17H22N2O3S. The smallest absolute Gasteiger partial charge is 0.227 e. The standard InChI is InChI=1S/C17H22N2O3S/c1-12-15(14-6-4-5-7-16(14)18(12)2)10-17(20)19(3)13-8-9-23(21,22)11-13/h4-7,13H,8-11H2,1-3H3. The van der Waals surface area contributed by atoms with Crippen LogP contribution in [0, 0.1) is 6.92 Å². The fourth-order valence-electron chi connectivity index (χ4n) is 3.38. The summed E-state index contributed by atoms with van der Waals surface area (Å²) < 4.78 is 25.3. The van der Waals surface area contributed by atoms with Gasteiger partial charge in [0.15, 0.2) is 9.84 Å². The Kier molecular flexibility index (Phi) is 3.96. The zero-order valence-corrected chi connectivity index (χ0v) is 14.6. The zero-order chi connectivity index (χ0) is 16.8. The number of nitrogens with zero attached hydrogens (tertiary/aromatic N) is 2. The van der Waals surface area contributed by atoms with Crippen LogP contribution in [0.1, 0.15) is 17.7 Å². The minimum atomic E-state index is -2.98. The number of rotatable bonds is 3. The molecule has 1 unspecified atom stereocenters. The topological polar surface area (TPSA) is 59.4 Å². The summed E-state index contributed by atoms with van der Waals surface area (Å²) >= 11 is 0. The second kappa shape index (κ2) is 5.67. The summed E-state index contributed by atoms with van der Waals surface area (Å²) in [6.45, 7) is 2.02. The molecule has 1 amide bonds. The lowest BCUT2D eigenvalue weighted by Crippen LogP contribution is -2.38. The van der Waals surface area contributed by atoms with Gasteiger partial charge in [0, 0.05) is 36.7 Å². The first-order valence-corrected chi connectivity index (χ1v) is 9.61. The number of sulfone groups is 1. The maximum absolute atomic E-state index is 12.6. The highest BCUT2D eigenvalue weighted by atomic mass is 32.2. The van der Waals surface area contributed by atoms with Gasteiger partial charge < -0.3 is 9.47 Å². The lowest BCUT2D eigenvalue weighted by atomic mass is 10.1. The number of hydrogen-bond acceptors (Lipinski definition) is 3. The third-order valence-electron chi connectivity index (χ3n) is 5.01. The summed E-state index contributed by atoms with van der Waals surface area (Å²) in [4.78, 5) is 14.3. The number of fused-ring (bicyclic) bond motifs is 1. The van der Waals surface area contributed by atoms with E-state index in [1.807, 2.05) is 38.2 Å². The molecule has 1 aliphatic rings. The summed E-state index contributed by atoms with van der Waals surface area (Å²) in [5, 5.41) is 1.09. The maximum atomic E-state index is 12.6. The van der Waals surface area contributed by atoms with Crippen molar-refractivity contribution in [2.45, 2.75) is 25.8 Å². The fraction of sp³-hybridized carbons (Fsp3) is 0.471. The number of amides is 1. The van der Waals surface area contributed by atoms with Gasteiger partial charge >= 0.3 is 0 Å². The third-order valence-corrected chi connectivity index (χ3v) is 6.76. The van der Waals surface area contributed by atoms with Crippen LogP contribution in [-0.2, 0) is 28.1 Å². The maximum Gasteiger partial charge on any atom is 0.227 e. The van der Waals surface area contributed by atoms with E-state index in [9.17, 15) is 13.2 Å². The monoisotopic (exact) mass is 334 g/mol. The Bertz CT molecular complexity index is 867. The van der Waals surface area contributed by atoms with E-state index in [4.69, 9.17) is 0 Å². The van der Waals surface area contributed by atoms with Crippen molar-refractivity contribution in [1.29, 1.82) is 0 Å². The van der Waals surface area contributed by atoms with Crippen LogP contribution >= 0.6 is 0 Å². The second-order valence-electron chi connectivity index (χ2n) is 6.38. The van der Waals surface area contributed by atoms with Gasteiger partial charge in [0.25, 0.3) is 0 Å². The van der Waals surface area contributed by atoms with Crippen LogP contribution in [0.2, 0.25) is 0 Å². The number of para-hydroxylation sites is 1. The van der Waals surface area contributed by atoms with Crippen molar-refractivity contribution in [3.8, 4) is 0 Å². The van der Waals surface area contributed by atoms with Crippen molar-refractivity contribution in [2.24, 2.45) is 7.05 Å². The molecule has 6 heteroatoms. The van der Waals surface area contributed by atoms with E-state index in [2.05, 4.69) is 4.57 Å². The molecule has 0 bridgehead atoms. The Balaban J connectivity index is 1.85. The molecule has 5 nitrogen and oxygen atoms in total. The van der Waals surface area contributed by atoms with E-state index in [0.29, 0.717) is 12.8 Å². The van der Waals surface area contributed by atoms with Gasteiger partial charge in [-0.3, -0.25) is 4.79 Å². The largest absolute Gasteiger partial charge is 0.348 e. The van der Waals surface area contributed by atoms with Crippen molar-refractivity contribution in [3.63, 3.8) is 0 Å². The van der Waals surface area contributed by atoms with Crippen LogP contribution < -0.4 is 0 Å². The van der Waals surface area contributed by atoms with Gasteiger partial charge in [-0.05, 0) is 25.0 Å². The van der Waals surface area contributed by atoms with Crippen LogP contribution in [0.15, 0.2) is 24.3 Å². The first-order valence-electron chi connectivity index (χ1n) is 7.79. The highest BCUT2D eigenvalue weighted by Gasteiger charge is 2.33. The van der Waals surface area contributed by atoms with E-state index in [0.717, 1.165) is 22.2 Å². The lowest BCUT2D eigenvalue weighted by molar-refractivity contribution is -0.130. The van der Waals surface area contributed by atoms with Gasteiger partial charge in [0.1, 0.15) is 0 Å². The van der Waals surface area contributed by atoms with E-state index < -0.39 is 9.84 Å². The molecule has 0 aliphatic carbocycles. The minimum Gasteiger partial charge on any atom is -0.348 e. The van der Waals surface area contributed by atoms with Crippen LogP contribution in [0.4, 0.5) is 0 Å². The number of carbonyl (C=O) groups is 1. The van der Waals surface area contributed by atoms with E-state index in [-0.39, 0.29) is 23.5 Å². The molecule has 0 N–H and O–H groups in total. The summed E-state index contributed by atoms with van der Waals surface area (Å²) in [5.41, 5.74) is 3.21. The van der Waals surface area contributed by atoms with Crippen LogP contribution in [0.3, 0.4) is 0 Å². The molecule has 23 heavy (non-hydrogen) atoms. The summed E-state index contributed by atoms with van der Waals surface area (Å²) in [6.07, 6.45) is 0.847. The number of hydrogen-bond donors (Lipinski definition) is 0. The molecule has 124 valence electrons. The molecule has 1 atom stereocenters. The van der Waals surface area contributed by atoms with Crippen LogP contribution in [0.25, 0.3) is 10.9 Å². The van der Waals surface area contributed by atoms with Crippen molar-refractivity contribution in [1.82, 2.24) is 9.47 Å². The molecule has 0 radical (unpaired) electrons. The van der Waals surface area contributed by atoms with Gasteiger partial charge in [0.2, 0.25) is 5.91 Å². The predicted octanol–water partition coefficient (Wildman–Crippen LogP) is 1.67. The van der Waals surface area contributed by atoms with Crippen LogP contribution in [0.5, 0.6) is 0 Å². The molecule has 0 spiro atoms. The fourth-order valence-corrected chi connectivity index (χ4v) is 5.16. The molecule has 0 saturated carbocycles. The average molecular weight is 334 g/mol. The van der Waals surface area contributed by atoms with Gasteiger partial charge in [-0.2, -0.15) is 0 Å². The third kappa shape index (κ3) is 2.87. The highest BCUT2D eigenvalue weighted by molar-refractivity contribution is 7.91. The first-order chi connectivity index (χ1) is 10.8. The zero-order valence-electron chi connectivity index (χ0n) is 13.7. The van der Waals surface area contributed by atoms with E-state index >= 15 is 0 Å². The summed E-state index contributed by atoms with van der Waals surface area (Å²) in [6, 6.07) is 7.85. The number of aryl methyl sites for hydroxylation is 1. The molecule has 3 rings (SSSR count). The van der Waals surface area contributed by atoms with Crippen molar-refractivity contribution in [2.75, 3.05) is 18.6 Å². The second-order valence-corrected chi connectivity index (χ2v) is 8.61. The number of aromatic nitrogens is 1. The van der Waals surface area contributed by atoms with Gasteiger partial charge in [-0.15, -0.1) is 0 Å². The molecule has 1 aromatic carbocycles. The predicted molar refractivity (Wildman–Crippen MR) is 91.2 cm³/mol. The van der Waals surface area contributed by atoms with E-state index in [1.54, 1.807) is 11.9 Å². The van der Waals surface area contributed by atoms with Gasteiger partial charge in [-0.1, -0.05) is 18.2 Å². The first kappa shape index (κ1) is 16.1. The quantitative estimate of drug-likeness (QED) is 0.858. The van der Waals surface area contributed by atoms with Gasteiger partial charge in [-0.25, -0.2) is 8.42 Å². The number of benzene rings is 1. The summed E-state index contributed by atoms with van der Waals surface area (Å²) in [7, 11) is 0.732. The molecule has 1 fully saturated rings.